The number of carbonyl (C=O) groups excluding carboxylic acids is 2. The van der Waals surface area contributed by atoms with Gasteiger partial charge in [0.05, 0.1) is 16.0 Å². The van der Waals surface area contributed by atoms with Crippen LogP contribution in [0.4, 0.5) is 0 Å². The maximum absolute atomic E-state index is 13.2. The third kappa shape index (κ3) is 2.40. The second-order valence-electron chi connectivity index (χ2n) is 6.81. The van der Waals surface area contributed by atoms with Crippen molar-refractivity contribution in [3.63, 3.8) is 0 Å². The highest BCUT2D eigenvalue weighted by Crippen LogP contribution is 2.37. The molecule has 5 aromatic rings. The minimum Gasteiger partial charge on any atom is -0.337 e. The van der Waals surface area contributed by atoms with Crippen LogP contribution in [-0.2, 0) is 0 Å². The molecule has 0 bridgehead atoms. The first-order valence-corrected chi connectivity index (χ1v) is 10.8. The molecule has 1 aliphatic rings. The van der Waals surface area contributed by atoms with Crippen molar-refractivity contribution >= 4 is 45.3 Å². The lowest BCUT2D eigenvalue weighted by Crippen LogP contribution is -2.21. The van der Waals surface area contributed by atoms with Gasteiger partial charge in [0.15, 0.2) is 11.6 Å². The first-order valence-electron chi connectivity index (χ1n) is 9.06. The van der Waals surface area contributed by atoms with E-state index in [4.69, 9.17) is 4.98 Å². The number of nitrogens with zero attached hydrogens (tertiary/aromatic N) is 1. The van der Waals surface area contributed by atoms with E-state index in [0.717, 1.165) is 10.4 Å². The fourth-order valence-corrected chi connectivity index (χ4v) is 5.57. The van der Waals surface area contributed by atoms with Crippen molar-refractivity contribution in [1.82, 2.24) is 9.97 Å². The fourth-order valence-electron chi connectivity index (χ4n) is 3.79. The van der Waals surface area contributed by atoms with E-state index in [1.165, 1.54) is 9.75 Å². The molecule has 0 spiro atoms. The summed E-state index contributed by atoms with van der Waals surface area (Å²) in [7, 11) is 0. The number of thiophene rings is 2. The Bertz CT molecular complexity index is 1440. The summed E-state index contributed by atoms with van der Waals surface area (Å²) in [5.41, 5.74) is 3.02. The van der Waals surface area contributed by atoms with E-state index in [9.17, 15) is 9.59 Å². The molecule has 0 atom stereocenters. The van der Waals surface area contributed by atoms with Gasteiger partial charge in [0.25, 0.3) is 0 Å². The van der Waals surface area contributed by atoms with Crippen molar-refractivity contribution < 1.29 is 9.59 Å². The third-order valence-electron chi connectivity index (χ3n) is 5.15. The molecular formula is C23H12N2O2S2. The maximum Gasteiger partial charge on any atom is 0.196 e. The molecule has 1 aliphatic carbocycles. The number of fused-ring (bicyclic) bond motifs is 4. The molecule has 0 saturated carbocycles. The quantitative estimate of drug-likeness (QED) is 0.391. The summed E-state index contributed by atoms with van der Waals surface area (Å²) in [6.07, 6.45) is 0. The summed E-state index contributed by atoms with van der Waals surface area (Å²) in [5.74, 6) is 0.433. The molecule has 0 fully saturated rings. The molecular weight excluding hydrogens is 400 g/mol. The highest BCUT2D eigenvalue weighted by molar-refractivity contribution is 7.23. The molecule has 0 unspecified atom stereocenters. The molecule has 4 nitrogen and oxygen atoms in total. The largest absolute Gasteiger partial charge is 0.337 e. The van der Waals surface area contributed by atoms with E-state index < -0.39 is 0 Å². The fraction of sp³-hybridized carbons (Fsp3) is 0. The molecule has 138 valence electrons. The number of imidazole rings is 1. The number of carbonyl (C=O) groups is 2. The number of hydrogen-bond donors (Lipinski definition) is 1. The normalized spacial score (nSPS) is 13.0. The van der Waals surface area contributed by atoms with Crippen LogP contribution in [0.2, 0.25) is 0 Å². The van der Waals surface area contributed by atoms with Gasteiger partial charge in [-0.25, -0.2) is 4.98 Å². The number of nitrogens with one attached hydrogen (secondary N) is 1. The predicted molar refractivity (Wildman–Crippen MR) is 116 cm³/mol. The zero-order valence-corrected chi connectivity index (χ0v) is 16.6. The zero-order valence-electron chi connectivity index (χ0n) is 14.9. The Hall–Kier alpha value is -3.35. The van der Waals surface area contributed by atoms with Crippen LogP contribution in [0.1, 0.15) is 31.8 Å². The van der Waals surface area contributed by atoms with Gasteiger partial charge in [-0.1, -0.05) is 30.3 Å². The molecule has 1 N–H and O–H groups in total. The summed E-state index contributed by atoms with van der Waals surface area (Å²) in [5, 5.41) is 2.06. The van der Waals surface area contributed by atoms with Crippen molar-refractivity contribution in [2.45, 2.75) is 0 Å². The SMILES string of the molecule is O=C1c2ccccc2C(=O)c2c1ccc1[nH]c(-c3ccc(-c4cccs4)s3)nc21. The molecule has 3 aromatic heterocycles. The average Bonchev–Trinajstić information content (AvgIpc) is 3.50. The number of aromatic amines is 1. The number of aromatic nitrogens is 2. The van der Waals surface area contributed by atoms with Gasteiger partial charge < -0.3 is 4.98 Å². The van der Waals surface area contributed by atoms with Gasteiger partial charge in [-0.2, -0.15) is 0 Å². The minimum absolute atomic E-state index is 0.127. The lowest BCUT2D eigenvalue weighted by Gasteiger charge is -2.17. The van der Waals surface area contributed by atoms with Crippen LogP contribution >= 0.6 is 22.7 Å². The molecule has 0 amide bonds. The van der Waals surface area contributed by atoms with E-state index in [-0.39, 0.29) is 11.6 Å². The number of ketones is 2. The van der Waals surface area contributed by atoms with Crippen molar-refractivity contribution in [3.05, 3.63) is 88.3 Å². The lowest BCUT2D eigenvalue weighted by atomic mass is 9.83. The van der Waals surface area contributed by atoms with E-state index >= 15 is 0 Å². The highest BCUT2D eigenvalue weighted by Gasteiger charge is 2.32. The summed E-state index contributed by atoms with van der Waals surface area (Å²) in [4.78, 5) is 37.5. The Labute approximate surface area is 173 Å². The van der Waals surface area contributed by atoms with Crippen molar-refractivity contribution in [3.8, 4) is 20.5 Å². The summed E-state index contributed by atoms with van der Waals surface area (Å²) in [6.45, 7) is 0. The van der Waals surface area contributed by atoms with E-state index in [1.807, 2.05) is 18.2 Å². The van der Waals surface area contributed by atoms with E-state index in [1.54, 1.807) is 53.0 Å². The van der Waals surface area contributed by atoms with Gasteiger partial charge in [-0.05, 0) is 35.7 Å². The van der Waals surface area contributed by atoms with Gasteiger partial charge in [-0.3, -0.25) is 9.59 Å². The third-order valence-corrected chi connectivity index (χ3v) is 7.30. The van der Waals surface area contributed by atoms with Gasteiger partial charge in [0, 0.05) is 26.4 Å². The second kappa shape index (κ2) is 6.07. The van der Waals surface area contributed by atoms with E-state index in [2.05, 4.69) is 22.5 Å². The van der Waals surface area contributed by atoms with Gasteiger partial charge in [0.2, 0.25) is 0 Å². The monoisotopic (exact) mass is 412 g/mol. The molecule has 6 rings (SSSR count). The highest BCUT2D eigenvalue weighted by atomic mass is 32.1. The Morgan fingerprint density at radius 1 is 0.724 bits per heavy atom. The van der Waals surface area contributed by atoms with Crippen LogP contribution in [0.5, 0.6) is 0 Å². The maximum atomic E-state index is 13.2. The molecule has 0 saturated heterocycles. The van der Waals surface area contributed by atoms with Crippen LogP contribution in [0.3, 0.4) is 0 Å². The predicted octanol–water partition coefficient (Wildman–Crippen LogP) is 5.80. The Kier molecular flexibility index (Phi) is 3.47. The van der Waals surface area contributed by atoms with E-state index in [0.29, 0.717) is 33.6 Å². The van der Waals surface area contributed by atoms with Crippen molar-refractivity contribution in [2.75, 3.05) is 0 Å². The molecule has 0 aliphatic heterocycles. The summed E-state index contributed by atoms with van der Waals surface area (Å²) < 4.78 is 0. The van der Waals surface area contributed by atoms with Crippen LogP contribution in [0.25, 0.3) is 31.5 Å². The molecule has 3 heterocycles. The van der Waals surface area contributed by atoms with Gasteiger partial charge >= 0.3 is 0 Å². The molecule has 0 radical (unpaired) electrons. The second-order valence-corrected chi connectivity index (χ2v) is 8.85. The van der Waals surface area contributed by atoms with Crippen LogP contribution in [-0.4, -0.2) is 21.5 Å². The molecule has 2 aromatic carbocycles. The van der Waals surface area contributed by atoms with Gasteiger partial charge in [0.1, 0.15) is 11.3 Å². The number of rotatable bonds is 2. The van der Waals surface area contributed by atoms with Crippen LogP contribution in [0, 0.1) is 0 Å². The van der Waals surface area contributed by atoms with Crippen LogP contribution in [0.15, 0.2) is 66.0 Å². The number of benzene rings is 2. The average molecular weight is 412 g/mol. The Morgan fingerprint density at radius 2 is 1.52 bits per heavy atom. The molecule has 29 heavy (non-hydrogen) atoms. The lowest BCUT2D eigenvalue weighted by molar-refractivity contribution is 0.0980. The Balaban J connectivity index is 1.52. The standard InChI is InChI=1S/C23H12N2O2S2/c26-21-12-4-1-2-5-13(12)22(27)19-14(21)7-8-15-20(19)25-23(24-15)18-10-9-17(29-18)16-6-3-11-28-16/h1-11H,(H,24,25). The Morgan fingerprint density at radius 3 is 2.31 bits per heavy atom. The summed E-state index contributed by atoms with van der Waals surface area (Å²) in [6, 6.07) is 18.8. The first-order chi connectivity index (χ1) is 14.2. The summed E-state index contributed by atoms with van der Waals surface area (Å²) >= 11 is 3.35. The first kappa shape index (κ1) is 16.6. The topological polar surface area (TPSA) is 62.8 Å². The van der Waals surface area contributed by atoms with Crippen molar-refractivity contribution in [1.29, 1.82) is 0 Å². The smallest absolute Gasteiger partial charge is 0.196 e. The van der Waals surface area contributed by atoms with Gasteiger partial charge in [-0.15, -0.1) is 22.7 Å². The zero-order chi connectivity index (χ0) is 19.5. The van der Waals surface area contributed by atoms with Crippen molar-refractivity contribution in [2.24, 2.45) is 0 Å². The number of H-pyrrole nitrogens is 1. The van der Waals surface area contributed by atoms with Crippen LogP contribution < -0.4 is 0 Å². The molecule has 6 heteroatoms. The number of hydrogen-bond acceptors (Lipinski definition) is 5. The minimum atomic E-state index is -0.149.